The maximum Gasteiger partial charge on any atom is 0.262 e. The van der Waals surface area contributed by atoms with E-state index in [1.165, 1.54) is 18.1 Å². The van der Waals surface area contributed by atoms with Crippen molar-refractivity contribution < 1.29 is 8.42 Å². The first-order chi connectivity index (χ1) is 15.6. The molecule has 8 heteroatoms. The molecule has 4 aromatic rings. The Kier molecular flexibility index (Phi) is 5.36. The smallest absolute Gasteiger partial charge is 0.262 e. The maximum atomic E-state index is 12.8. The van der Waals surface area contributed by atoms with Gasteiger partial charge >= 0.3 is 0 Å². The van der Waals surface area contributed by atoms with Crippen LogP contribution in [0.15, 0.2) is 90.1 Å². The molecule has 7 nitrogen and oxygen atoms in total. The number of nitrogens with one attached hydrogen (secondary N) is 1. The van der Waals surface area contributed by atoms with Gasteiger partial charge < -0.3 is 9.80 Å². The Bertz CT molecular complexity index is 1320. The largest absolute Gasteiger partial charge is 0.368 e. The second-order valence-electron chi connectivity index (χ2n) is 7.70. The predicted molar refractivity (Wildman–Crippen MR) is 128 cm³/mol. The van der Waals surface area contributed by atoms with Gasteiger partial charge in [0.1, 0.15) is 0 Å². The fourth-order valence-corrected chi connectivity index (χ4v) is 4.95. The number of rotatable bonds is 5. The van der Waals surface area contributed by atoms with E-state index >= 15 is 0 Å². The molecular formula is C24H23N5O2S. The van der Waals surface area contributed by atoms with Crippen molar-refractivity contribution in [2.45, 2.75) is 4.90 Å². The zero-order valence-electron chi connectivity index (χ0n) is 17.4. The number of nitrogens with zero attached hydrogens (tertiary/aromatic N) is 4. The van der Waals surface area contributed by atoms with E-state index in [-0.39, 0.29) is 4.90 Å². The zero-order chi connectivity index (χ0) is 22.0. The van der Waals surface area contributed by atoms with E-state index in [0.717, 1.165) is 37.0 Å². The summed E-state index contributed by atoms with van der Waals surface area (Å²) in [5.41, 5.74) is 1.55. The van der Waals surface area contributed by atoms with E-state index in [4.69, 9.17) is 0 Å². The number of piperazine rings is 1. The summed E-state index contributed by atoms with van der Waals surface area (Å²) >= 11 is 0. The molecule has 3 aromatic carbocycles. The molecular weight excluding hydrogens is 422 g/mol. The Labute approximate surface area is 187 Å². The number of benzene rings is 3. The van der Waals surface area contributed by atoms with Crippen molar-refractivity contribution >= 4 is 38.1 Å². The van der Waals surface area contributed by atoms with Crippen LogP contribution in [0, 0.1) is 0 Å². The van der Waals surface area contributed by atoms with E-state index in [9.17, 15) is 8.42 Å². The van der Waals surface area contributed by atoms with Gasteiger partial charge in [0.15, 0.2) is 0 Å². The number of para-hydroxylation sites is 1. The van der Waals surface area contributed by atoms with Crippen LogP contribution in [0.3, 0.4) is 0 Å². The number of sulfonamides is 1. The van der Waals surface area contributed by atoms with E-state index in [2.05, 4.69) is 36.6 Å². The molecule has 0 spiro atoms. The topological polar surface area (TPSA) is 78.4 Å². The van der Waals surface area contributed by atoms with Crippen molar-refractivity contribution in [3.63, 3.8) is 0 Å². The molecule has 2 heterocycles. The second kappa shape index (κ2) is 8.47. The molecule has 1 fully saturated rings. The third-order valence-electron chi connectivity index (χ3n) is 5.61. The van der Waals surface area contributed by atoms with E-state index in [1.807, 2.05) is 42.5 Å². The van der Waals surface area contributed by atoms with Crippen LogP contribution in [-0.2, 0) is 10.0 Å². The number of aromatic nitrogens is 2. The highest BCUT2D eigenvalue weighted by atomic mass is 32.2. The number of hydrogen-bond donors (Lipinski definition) is 1. The minimum atomic E-state index is -3.73. The Hall–Kier alpha value is -3.65. The average Bonchev–Trinajstić information content (AvgIpc) is 2.85. The van der Waals surface area contributed by atoms with Crippen molar-refractivity contribution in [2.24, 2.45) is 0 Å². The lowest BCUT2D eigenvalue weighted by Gasteiger charge is -2.36. The summed E-state index contributed by atoms with van der Waals surface area (Å²) in [7, 11) is -3.73. The molecule has 162 valence electrons. The average molecular weight is 446 g/mol. The number of hydrogen-bond acceptors (Lipinski definition) is 6. The minimum Gasteiger partial charge on any atom is -0.368 e. The van der Waals surface area contributed by atoms with Gasteiger partial charge in [-0.15, -0.1) is 0 Å². The van der Waals surface area contributed by atoms with E-state index < -0.39 is 10.0 Å². The second-order valence-corrected chi connectivity index (χ2v) is 9.38. The summed E-state index contributed by atoms with van der Waals surface area (Å²) in [4.78, 5) is 13.4. The molecule has 1 aliphatic rings. The molecule has 1 N–H and O–H groups in total. The molecule has 0 unspecified atom stereocenters. The molecule has 0 atom stereocenters. The first-order valence-electron chi connectivity index (χ1n) is 10.5. The molecule has 0 aliphatic carbocycles. The van der Waals surface area contributed by atoms with Crippen LogP contribution >= 0.6 is 0 Å². The molecule has 32 heavy (non-hydrogen) atoms. The van der Waals surface area contributed by atoms with Crippen molar-refractivity contribution in [2.75, 3.05) is 40.7 Å². The fourth-order valence-electron chi connectivity index (χ4n) is 3.89. The lowest BCUT2D eigenvalue weighted by atomic mass is 10.1. The van der Waals surface area contributed by atoms with Gasteiger partial charge in [-0.25, -0.2) is 18.4 Å². The van der Waals surface area contributed by atoms with Crippen molar-refractivity contribution in [1.82, 2.24) is 9.97 Å². The monoisotopic (exact) mass is 445 g/mol. The van der Waals surface area contributed by atoms with Gasteiger partial charge in [0.05, 0.1) is 23.0 Å². The third kappa shape index (κ3) is 4.22. The number of fused-ring (bicyclic) bond motifs is 1. The Morgan fingerprint density at radius 3 is 2.06 bits per heavy atom. The van der Waals surface area contributed by atoms with Crippen LogP contribution in [0.25, 0.3) is 10.8 Å². The summed E-state index contributed by atoms with van der Waals surface area (Å²) in [6.07, 6.45) is 3.04. The highest BCUT2D eigenvalue weighted by molar-refractivity contribution is 7.92. The lowest BCUT2D eigenvalue weighted by molar-refractivity contribution is 0.601. The molecule has 1 saturated heterocycles. The van der Waals surface area contributed by atoms with Gasteiger partial charge in [-0.3, -0.25) is 4.72 Å². The first kappa shape index (κ1) is 20.3. The summed E-state index contributed by atoms with van der Waals surface area (Å²) in [6, 6.07) is 23.1. The Morgan fingerprint density at radius 1 is 0.719 bits per heavy atom. The fraction of sp³-hybridized carbons (Fsp3) is 0.167. The van der Waals surface area contributed by atoms with Crippen LogP contribution in [0.2, 0.25) is 0 Å². The van der Waals surface area contributed by atoms with E-state index in [0.29, 0.717) is 11.6 Å². The van der Waals surface area contributed by atoms with Crippen molar-refractivity contribution in [1.29, 1.82) is 0 Å². The number of anilines is 3. The van der Waals surface area contributed by atoms with Crippen LogP contribution < -0.4 is 14.5 Å². The molecule has 0 saturated carbocycles. The van der Waals surface area contributed by atoms with Crippen LogP contribution in [0.5, 0.6) is 0 Å². The molecule has 1 aromatic heterocycles. The highest BCUT2D eigenvalue weighted by Gasteiger charge is 2.20. The van der Waals surface area contributed by atoms with Gasteiger partial charge in [-0.1, -0.05) is 48.5 Å². The maximum absolute atomic E-state index is 12.8. The Morgan fingerprint density at radius 2 is 1.34 bits per heavy atom. The standard InChI is InChI=1S/C24H23N5O2S/c30-32(31,23-11-10-19-6-4-5-7-20(19)16-23)27-21-17-25-24(26-18-21)29-14-12-28(13-15-29)22-8-2-1-3-9-22/h1-11,16-18,27H,12-15H2. The SMILES string of the molecule is O=S(=O)(Nc1cnc(N2CCN(c3ccccc3)CC2)nc1)c1ccc2ccccc2c1. The normalized spacial score (nSPS) is 14.5. The summed E-state index contributed by atoms with van der Waals surface area (Å²) in [5.74, 6) is 0.603. The Balaban J connectivity index is 1.25. The molecule has 0 radical (unpaired) electrons. The summed E-state index contributed by atoms with van der Waals surface area (Å²) in [5, 5.41) is 1.86. The third-order valence-corrected chi connectivity index (χ3v) is 6.98. The zero-order valence-corrected chi connectivity index (χ0v) is 18.2. The van der Waals surface area contributed by atoms with Gasteiger partial charge in [0, 0.05) is 31.9 Å². The van der Waals surface area contributed by atoms with Crippen LogP contribution in [0.4, 0.5) is 17.3 Å². The van der Waals surface area contributed by atoms with Crippen molar-refractivity contribution in [3.05, 3.63) is 85.2 Å². The molecule has 0 bridgehead atoms. The van der Waals surface area contributed by atoms with Crippen LogP contribution in [-0.4, -0.2) is 44.6 Å². The summed E-state index contributed by atoms with van der Waals surface area (Å²) in [6.45, 7) is 3.36. The molecule has 5 rings (SSSR count). The lowest BCUT2D eigenvalue weighted by Crippen LogP contribution is -2.47. The van der Waals surface area contributed by atoms with E-state index in [1.54, 1.807) is 18.2 Å². The first-order valence-corrected chi connectivity index (χ1v) is 12.0. The molecule has 0 amide bonds. The predicted octanol–water partition coefficient (Wildman–Crippen LogP) is 3.76. The summed E-state index contributed by atoms with van der Waals surface area (Å²) < 4.78 is 28.2. The van der Waals surface area contributed by atoms with Gasteiger partial charge in [0.2, 0.25) is 5.95 Å². The van der Waals surface area contributed by atoms with Gasteiger partial charge in [0.25, 0.3) is 10.0 Å². The minimum absolute atomic E-state index is 0.206. The van der Waals surface area contributed by atoms with Gasteiger partial charge in [-0.2, -0.15) is 0 Å². The molecule has 1 aliphatic heterocycles. The van der Waals surface area contributed by atoms with Crippen LogP contribution in [0.1, 0.15) is 0 Å². The highest BCUT2D eigenvalue weighted by Crippen LogP contribution is 2.22. The van der Waals surface area contributed by atoms with Gasteiger partial charge in [-0.05, 0) is 35.0 Å². The van der Waals surface area contributed by atoms with Crippen molar-refractivity contribution in [3.8, 4) is 0 Å². The quantitative estimate of drug-likeness (QED) is 0.504.